The standard InChI is InChI=1S/C23H21F6N3O3/c1-22(2,34)21-31-17(10-32(21)3)13-9-18(35-11-23(27,28)29)14(8-15(13)24)20(33)30-16-7-5-4-6-12(16)19(25)26/h4-10,19,34H,11H2,1-3H3,(H,30,33). The van der Waals surface area contributed by atoms with Crippen LogP contribution in [0.3, 0.4) is 0 Å². The highest BCUT2D eigenvalue weighted by molar-refractivity contribution is 6.07. The lowest BCUT2D eigenvalue weighted by Crippen LogP contribution is -2.22. The predicted octanol–water partition coefficient (Wildman–Crippen LogP) is 5.58. The fourth-order valence-corrected chi connectivity index (χ4v) is 3.36. The van der Waals surface area contributed by atoms with E-state index in [1.165, 1.54) is 49.9 Å². The number of imidazole rings is 1. The lowest BCUT2D eigenvalue weighted by Gasteiger charge is -2.16. The van der Waals surface area contributed by atoms with Crippen molar-refractivity contribution in [1.82, 2.24) is 9.55 Å². The van der Waals surface area contributed by atoms with Crippen molar-refractivity contribution in [3.63, 3.8) is 0 Å². The summed E-state index contributed by atoms with van der Waals surface area (Å²) >= 11 is 0. The Balaban J connectivity index is 2.07. The summed E-state index contributed by atoms with van der Waals surface area (Å²) in [4.78, 5) is 16.9. The number of aryl methyl sites for hydroxylation is 1. The summed E-state index contributed by atoms with van der Waals surface area (Å²) in [5, 5.41) is 12.4. The van der Waals surface area contributed by atoms with E-state index in [0.717, 1.165) is 12.1 Å². The maximum Gasteiger partial charge on any atom is 0.422 e. The van der Waals surface area contributed by atoms with E-state index in [0.29, 0.717) is 6.07 Å². The molecule has 2 aromatic carbocycles. The lowest BCUT2D eigenvalue weighted by molar-refractivity contribution is -0.153. The Morgan fingerprint density at radius 1 is 1.20 bits per heavy atom. The van der Waals surface area contributed by atoms with Gasteiger partial charge < -0.3 is 19.7 Å². The average molecular weight is 501 g/mol. The number of anilines is 1. The van der Waals surface area contributed by atoms with Crippen LogP contribution in [0, 0.1) is 5.82 Å². The molecule has 0 unspecified atom stereocenters. The highest BCUT2D eigenvalue weighted by Crippen LogP contribution is 2.34. The van der Waals surface area contributed by atoms with E-state index in [1.807, 2.05) is 0 Å². The molecule has 3 rings (SSSR count). The van der Waals surface area contributed by atoms with Crippen LogP contribution >= 0.6 is 0 Å². The Morgan fingerprint density at radius 2 is 1.86 bits per heavy atom. The Morgan fingerprint density at radius 3 is 2.43 bits per heavy atom. The smallest absolute Gasteiger partial charge is 0.422 e. The second kappa shape index (κ2) is 9.61. The summed E-state index contributed by atoms with van der Waals surface area (Å²) in [6.07, 6.45) is -6.37. The minimum absolute atomic E-state index is 0.0333. The number of nitrogens with zero attached hydrogens (tertiary/aromatic N) is 2. The first-order valence-electron chi connectivity index (χ1n) is 10.2. The van der Waals surface area contributed by atoms with Gasteiger partial charge in [-0.1, -0.05) is 18.2 Å². The molecule has 0 saturated carbocycles. The lowest BCUT2D eigenvalue weighted by atomic mass is 10.1. The number of carbonyl (C=O) groups excluding carboxylic acids is 1. The highest BCUT2D eigenvalue weighted by atomic mass is 19.4. The monoisotopic (exact) mass is 501 g/mol. The average Bonchev–Trinajstić information content (AvgIpc) is 3.14. The van der Waals surface area contributed by atoms with Crippen LogP contribution in [-0.4, -0.2) is 33.3 Å². The number of rotatable bonds is 7. The predicted molar refractivity (Wildman–Crippen MR) is 115 cm³/mol. The molecule has 1 amide bonds. The summed E-state index contributed by atoms with van der Waals surface area (Å²) in [7, 11) is 1.53. The van der Waals surface area contributed by atoms with E-state index < -0.39 is 53.4 Å². The number of halogens is 6. The molecule has 0 spiro atoms. The zero-order valence-electron chi connectivity index (χ0n) is 18.8. The van der Waals surface area contributed by atoms with Crippen molar-refractivity contribution in [2.45, 2.75) is 32.1 Å². The molecule has 0 atom stereocenters. The molecule has 1 aromatic heterocycles. The van der Waals surface area contributed by atoms with E-state index in [4.69, 9.17) is 4.74 Å². The van der Waals surface area contributed by atoms with Crippen molar-refractivity contribution in [2.75, 3.05) is 11.9 Å². The molecule has 0 radical (unpaired) electrons. The Kier molecular flexibility index (Phi) is 7.16. The molecule has 1 heterocycles. The van der Waals surface area contributed by atoms with Crippen molar-refractivity contribution in [1.29, 1.82) is 0 Å². The molecule has 6 nitrogen and oxygen atoms in total. The molecule has 188 valence electrons. The van der Waals surface area contributed by atoms with Crippen LogP contribution in [-0.2, 0) is 12.6 Å². The number of nitrogens with one attached hydrogen (secondary N) is 1. The van der Waals surface area contributed by atoms with Gasteiger partial charge in [0.1, 0.15) is 23.0 Å². The van der Waals surface area contributed by atoms with Gasteiger partial charge in [-0.15, -0.1) is 0 Å². The van der Waals surface area contributed by atoms with Crippen molar-refractivity contribution >= 4 is 11.6 Å². The third-order valence-corrected chi connectivity index (χ3v) is 4.85. The first-order valence-corrected chi connectivity index (χ1v) is 10.2. The summed E-state index contributed by atoms with van der Waals surface area (Å²) in [5.74, 6) is -2.67. The van der Waals surface area contributed by atoms with E-state index in [-0.39, 0.29) is 22.8 Å². The fourth-order valence-electron chi connectivity index (χ4n) is 3.36. The largest absolute Gasteiger partial charge is 0.483 e. The number of amides is 1. The molecule has 0 aliphatic rings. The van der Waals surface area contributed by atoms with Crippen LogP contribution in [0.4, 0.5) is 32.0 Å². The molecular weight excluding hydrogens is 480 g/mol. The number of hydrogen-bond donors (Lipinski definition) is 2. The van der Waals surface area contributed by atoms with Gasteiger partial charge in [0.05, 0.1) is 11.3 Å². The third-order valence-electron chi connectivity index (χ3n) is 4.85. The molecule has 0 saturated heterocycles. The number of ether oxygens (including phenoxy) is 1. The van der Waals surface area contributed by atoms with Gasteiger partial charge in [-0.3, -0.25) is 4.79 Å². The SMILES string of the molecule is Cn1cc(-c2cc(OCC(F)(F)F)c(C(=O)Nc3ccccc3C(F)F)cc2F)nc1C(C)(C)O. The second-order valence-corrected chi connectivity index (χ2v) is 8.19. The van der Waals surface area contributed by atoms with Crippen LogP contribution in [0.2, 0.25) is 0 Å². The summed E-state index contributed by atoms with van der Waals surface area (Å²) < 4.78 is 86.2. The summed E-state index contributed by atoms with van der Waals surface area (Å²) in [6.45, 7) is 1.10. The normalized spacial score (nSPS) is 12.2. The van der Waals surface area contributed by atoms with E-state index in [1.54, 1.807) is 0 Å². The van der Waals surface area contributed by atoms with Crippen LogP contribution in [0.1, 0.15) is 42.0 Å². The van der Waals surface area contributed by atoms with Crippen LogP contribution in [0.25, 0.3) is 11.3 Å². The van der Waals surface area contributed by atoms with Crippen LogP contribution < -0.4 is 10.1 Å². The molecule has 12 heteroatoms. The minimum Gasteiger partial charge on any atom is -0.483 e. The van der Waals surface area contributed by atoms with Gasteiger partial charge in [0.25, 0.3) is 12.3 Å². The molecule has 0 bridgehead atoms. The zero-order valence-corrected chi connectivity index (χ0v) is 18.8. The molecular formula is C23H21F6N3O3. The van der Waals surface area contributed by atoms with Gasteiger partial charge in [0.2, 0.25) is 0 Å². The Hall–Kier alpha value is -3.54. The third kappa shape index (κ3) is 6.13. The molecule has 2 N–H and O–H groups in total. The van der Waals surface area contributed by atoms with Crippen molar-refractivity contribution in [2.24, 2.45) is 7.05 Å². The van der Waals surface area contributed by atoms with Gasteiger partial charge in [-0.2, -0.15) is 13.2 Å². The summed E-state index contributed by atoms with van der Waals surface area (Å²) in [5.41, 5.74) is -3.19. The molecule has 0 aliphatic heterocycles. The molecule has 3 aromatic rings. The van der Waals surface area contributed by atoms with Gasteiger partial charge in [-0.05, 0) is 32.0 Å². The Labute approximate surface area is 196 Å². The first kappa shape index (κ1) is 26.1. The maximum absolute atomic E-state index is 15.0. The van der Waals surface area contributed by atoms with Crippen LogP contribution in [0.5, 0.6) is 5.75 Å². The molecule has 35 heavy (non-hydrogen) atoms. The van der Waals surface area contributed by atoms with E-state index in [9.17, 15) is 31.9 Å². The number of hydrogen-bond acceptors (Lipinski definition) is 4. The minimum atomic E-state index is -4.77. The second-order valence-electron chi connectivity index (χ2n) is 8.19. The maximum atomic E-state index is 15.0. The number of aromatic nitrogens is 2. The number of benzene rings is 2. The molecule has 0 aliphatic carbocycles. The van der Waals surface area contributed by atoms with Crippen molar-refractivity contribution in [3.05, 3.63) is 65.4 Å². The van der Waals surface area contributed by atoms with Crippen LogP contribution in [0.15, 0.2) is 42.6 Å². The van der Waals surface area contributed by atoms with Gasteiger partial charge in [0.15, 0.2) is 6.61 Å². The molecule has 0 fully saturated rings. The van der Waals surface area contributed by atoms with Gasteiger partial charge in [0, 0.05) is 30.1 Å². The van der Waals surface area contributed by atoms with Crippen molar-refractivity contribution in [3.8, 4) is 17.0 Å². The number of aliphatic hydroxyl groups is 1. The quantitative estimate of drug-likeness (QED) is 0.414. The fraction of sp³-hybridized carbons (Fsp3) is 0.304. The number of carbonyl (C=O) groups is 1. The first-order chi connectivity index (χ1) is 16.2. The van der Waals surface area contributed by atoms with Crippen molar-refractivity contribution < 1.29 is 41.0 Å². The van der Waals surface area contributed by atoms with Gasteiger partial charge >= 0.3 is 6.18 Å². The summed E-state index contributed by atoms with van der Waals surface area (Å²) in [6, 6.07) is 6.43. The Bertz CT molecular complexity index is 1230. The number of para-hydroxylation sites is 1. The van der Waals surface area contributed by atoms with Gasteiger partial charge in [-0.25, -0.2) is 18.2 Å². The number of alkyl halides is 5. The van der Waals surface area contributed by atoms with E-state index >= 15 is 4.39 Å². The highest BCUT2D eigenvalue weighted by Gasteiger charge is 2.31. The van der Waals surface area contributed by atoms with E-state index in [2.05, 4.69) is 10.3 Å². The zero-order chi connectivity index (χ0) is 26.1. The topological polar surface area (TPSA) is 76.4 Å².